The van der Waals surface area contributed by atoms with E-state index in [9.17, 15) is 8.42 Å². The van der Waals surface area contributed by atoms with Gasteiger partial charge in [0.25, 0.3) is 0 Å². The first kappa shape index (κ1) is 19.9. The minimum Gasteiger partial charge on any atom is -0.378 e. The van der Waals surface area contributed by atoms with Crippen LogP contribution in [0.25, 0.3) is 0 Å². The van der Waals surface area contributed by atoms with Crippen molar-refractivity contribution in [2.75, 3.05) is 38.6 Å². The third kappa shape index (κ3) is 4.89. The number of nitrogens with one attached hydrogen (secondary N) is 2. The highest BCUT2D eigenvalue weighted by Gasteiger charge is 2.29. The number of likely N-dealkylation sites (tertiary alicyclic amines) is 1. The van der Waals surface area contributed by atoms with Crippen LogP contribution >= 0.6 is 0 Å². The Balaban J connectivity index is 1.79. The van der Waals surface area contributed by atoms with E-state index in [4.69, 9.17) is 0 Å². The second-order valence-electron chi connectivity index (χ2n) is 7.57. The van der Waals surface area contributed by atoms with E-state index in [1.807, 2.05) is 27.1 Å². The first-order chi connectivity index (χ1) is 12.9. The molecule has 1 aliphatic heterocycles. The van der Waals surface area contributed by atoms with Crippen LogP contribution in [-0.4, -0.2) is 42.1 Å². The Bertz CT molecular complexity index is 857. The average Bonchev–Trinajstić information content (AvgIpc) is 3.16. The predicted molar refractivity (Wildman–Crippen MR) is 110 cm³/mol. The molecule has 146 valence electrons. The van der Waals surface area contributed by atoms with Gasteiger partial charge in [-0.3, -0.25) is 0 Å². The monoisotopic (exact) mass is 388 g/mol. The van der Waals surface area contributed by atoms with Crippen molar-refractivity contribution in [2.45, 2.75) is 30.7 Å². The van der Waals surface area contributed by atoms with E-state index in [1.54, 1.807) is 18.2 Å². The van der Waals surface area contributed by atoms with Gasteiger partial charge < -0.3 is 9.80 Å². The second kappa shape index (κ2) is 8.42. The van der Waals surface area contributed by atoms with Crippen molar-refractivity contribution in [2.24, 2.45) is 0 Å². The van der Waals surface area contributed by atoms with Crippen LogP contribution < -0.4 is 14.5 Å². The molecular formula is C21H30N3O2S+. The summed E-state index contributed by atoms with van der Waals surface area (Å²) in [5, 5.41) is 0. The summed E-state index contributed by atoms with van der Waals surface area (Å²) in [6.45, 7) is 4.49. The lowest BCUT2D eigenvalue weighted by atomic mass is 10.1. The van der Waals surface area contributed by atoms with E-state index in [2.05, 4.69) is 33.9 Å². The highest BCUT2D eigenvalue weighted by atomic mass is 32.2. The van der Waals surface area contributed by atoms with Crippen LogP contribution in [0.4, 0.5) is 5.69 Å². The average molecular weight is 389 g/mol. The maximum absolute atomic E-state index is 12.8. The first-order valence-electron chi connectivity index (χ1n) is 9.55. The van der Waals surface area contributed by atoms with E-state index >= 15 is 0 Å². The normalized spacial score (nSPS) is 16.4. The Labute approximate surface area is 163 Å². The topological polar surface area (TPSA) is 53.9 Å². The molecule has 1 aliphatic rings. The molecule has 0 aromatic heterocycles. The molecule has 1 fully saturated rings. The largest absolute Gasteiger partial charge is 0.378 e. The zero-order valence-electron chi connectivity index (χ0n) is 16.4. The van der Waals surface area contributed by atoms with Gasteiger partial charge in [-0.25, -0.2) is 13.1 Å². The summed E-state index contributed by atoms with van der Waals surface area (Å²) in [5.74, 6) is 0. The summed E-state index contributed by atoms with van der Waals surface area (Å²) in [4.78, 5) is 3.86. The zero-order chi connectivity index (χ0) is 19.4. The second-order valence-corrected chi connectivity index (χ2v) is 9.34. The van der Waals surface area contributed by atoms with Crippen molar-refractivity contribution in [3.8, 4) is 0 Å². The van der Waals surface area contributed by atoms with E-state index in [0.29, 0.717) is 11.4 Å². The molecule has 27 heavy (non-hydrogen) atoms. The van der Waals surface area contributed by atoms with Gasteiger partial charge in [-0.15, -0.1) is 0 Å². The fourth-order valence-electron chi connectivity index (χ4n) is 3.74. The number of rotatable bonds is 7. The predicted octanol–water partition coefficient (Wildman–Crippen LogP) is 1.76. The molecule has 1 saturated heterocycles. The Morgan fingerprint density at radius 2 is 1.74 bits per heavy atom. The highest BCUT2D eigenvalue weighted by molar-refractivity contribution is 7.89. The van der Waals surface area contributed by atoms with Crippen molar-refractivity contribution < 1.29 is 13.3 Å². The molecule has 2 aromatic rings. The Hall–Kier alpha value is -1.89. The summed E-state index contributed by atoms with van der Waals surface area (Å²) >= 11 is 0. The number of aryl methyl sites for hydroxylation is 1. The number of quaternary nitrogens is 1. The Morgan fingerprint density at radius 1 is 1.07 bits per heavy atom. The van der Waals surface area contributed by atoms with Crippen molar-refractivity contribution in [1.29, 1.82) is 0 Å². The van der Waals surface area contributed by atoms with Crippen LogP contribution in [0.1, 0.15) is 30.0 Å². The third-order valence-electron chi connectivity index (χ3n) is 5.33. The summed E-state index contributed by atoms with van der Waals surface area (Å²) in [6, 6.07) is 15.7. The molecule has 0 aliphatic carbocycles. The van der Waals surface area contributed by atoms with Gasteiger partial charge in [0.05, 0.1) is 24.5 Å². The lowest BCUT2D eigenvalue weighted by Crippen LogP contribution is -3.11. The van der Waals surface area contributed by atoms with Crippen molar-refractivity contribution >= 4 is 15.7 Å². The summed E-state index contributed by atoms with van der Waals surface area (Å²) in [6.07, 6.45) is 2.40. The van der Waals surface area contributed by atoms with E-state index in [0.717, 1.165) is 24.3 Å². The maximum Gasteiger partial charge on any atom is 0.240 e. The zero-order valence-corrected chi connectivity index (χ0v) is 17.2. The van der Waals surface area contributed by atoms with Crippen LogP contribution in [0.3, 0.4) is 0 Å². The molecule has 0 radical (unpaired) electrons. The molecule has 0 unspecified atom stereocenters. The molecule has 1 heterocycles. The van der Waals surface area contributed by atoms with Crippen molar-refractivity contribution in [3.05, 3.63) is 59.7 Å². The van der Waals surface area contributed by atoms with Gasteiger partial charge in [-0.1, -0.05) is 24.3 Å². The van der Waals surface area contributed by atoms with Gasteiger partial charge in [0, 0.05) is 38.2 Å². The number of hydrogen-bond acceptors (Lipinski definition) is 3. The molecule has 6 heteroatoms. The number of benzene rings is 2. The van der Waals surface area contributed by atoms with Crippen molar-refractivity contribution in [1.82, 2.24) is 4.72 Å². The number of hydrogen-bond donors (Lipinski definition) is 2. The summed E-state index contributed by atoms with van der Waals surface area (Å²) < 4.78 is 28.4. The Morgan fingerprint density at radius 3 is 2.33 bits per heavy atom. The molecule has 2 aromatic carbocycles. The van der Waals surface area contributed by atoms with Gasteiger partial charge in [-0.05, 0) is 36.8 Å². The minimum atomic E-state index is -3.51. The minimum absolute atomic E-state index is 0.128. The SMILES string of the molecule is Cc1cccc(S(=O)(=O)NC[C@H](c2ccc(N(C)C)cc2)[NH+]2CCCC2)c1. The molecule has 5 nitrogen and oxygen atoms in total. The fraction of sp³-hybridized carbons (Fsp3) is 0.429. The fourth-order valence-corrected chi connectivity index (χ4v) is 4.89. The standard InChI is InChI=1S/C21H29N3O2S/c1-17-7-6-8-20(15-17)27(25,26)22-16-21(24-13-4-5-14-24)18-9-11-19(12-10-18)23(2)3/h6-12,15,21-22H,4-5,13-14,16H2,1-3H3/p+1/t21-/m1/s1. The lowest BCUT2D eigenvalue weighted by Gasteiger charge is -2.26. The number of sulfonamides is 1. The lowest BCUT2D eigenvalue weighted by molar-refractivity contribution is -0.918. The molecule has 0 saturated carbocycles. The quantitative estimate of drug-likeness (QED) is 0.760. The van der Waals surface area contributed by atoms with Gasteiger partial charge >= 0.3 is 0 Å². The smallest absolute Gasteiger partial charge is 0.240 e. The number of nitrogens with zero attached hydrogens (tertiary/aromatic N) is 1. The summed E-state index contributed by atoms with van der Waals surface area (Å²) in [7, 11) is 0.535. The highest BCUT2D eigenvalue weighted by Crippen LogP contribution is 2.18. The van der Waals surface area contributed by atoms with Gasteiger partial charge in [-0.2, -0.15) is 0 Å². The van der Waals surface area contributed by atoms with Crippen LogP contribution in [0, 0.1) is 6.92 Å². The van der Waals surface area contributed by atoms with Crippen LogP contribution in [0.2, 0.25) is 0 Å². The molecule has 2 N–H and O–H groups in total. The molecule has 0 spiro atoms. The number of anilines is 1. The van der Waals surface area contributed by atoms with Gasteiger partial charge in [0.2, 0.25) is 10.0 Å². The van der Waals surface area contributed by atoms with E-state index in [1.165, 1.54) is 23.3 Å². The molecule has 1 atom stereocenters. The summed E-state index contributed by atoms with van der Waals surface area (Å²) in [5.41, 5.74) is 3.28. The van der Waals surface area contributed by atoms with Crippen LogP contribution in [-0.2, 0) is 10.0 Å². The van der Waals surface area contributed by atoms with Crippen LogP contribution in [0.5, 0.6) is 0 Å². The molecular weight excluding hydrogens is 358 g/mol. The molecule has 3 rings (SSSR count). The van der Waals surface area contributed by atoms with Crippen molar-refractivity contribution in [3.63, 3.8) is 0 Å². The van der Waals surface area contributed by atoms with E-state index in [-0.39, 0.29) is 6.04 Å². The molecule has 0 amide bonds. The maximum atomic E-state index is 12.8. The first-order valence-corrected chi connectivity index (χ1v) is 11.0. The van der Waals surface area contributed by atoms with Crippen LogP contribution in [0.15, 0.2) is 53.4 Å². The van der Waals surface area contributed by atoms with Gasteiger partial charge in [0.15, 0.2) is 0 Å². The van der Waals surface area contributed by atoms with Gasteiger partial charge in [0.1, 0.15) is 6.04 Å². The third-order valence-corrected chi connectivity index (χ3v) is 6.75. The molecule has 0 bridgehead atoms. The Kier molecular flexibility index (Phi) is 6.19. The van der Waals surface area contributed by atoms with E-state index < -0.39 is 10.0 Å².